The summed E-state index contributed by atoms with van der Waals surface area (Å²) in [5.41, 5.74) is 5.23. The van der Waals surface area contributed by atoms with Crippen molar-refractivity contribution in [3.8, 4) is 0 Å². The molecule has 0 heterocycles. The molecule has 1 fully saturated rings. The number of rotatable bonds is 4. The first-order chi connectivity index (χ1) is 6.59. The number of hydrogen-bond acceptors (Lipinski definition) is 3. The lowest BCUT2D eigenvalue weighted by Crippen LogP contribution is -2.40. The molecule has 80 valence electrons. The molecular formula is C9H16N2O3. The van der Waals surface area contributed by atoms with Gasteiger partial charge in [0.15, 0.2) is 0 Å². The van der Waals surface area contributed by atoms with Crippen LogP contribution in [-0.2, 0) is 9.59 Å². The first-order valence-corrected chi connectivity index (χ1v) is 4.87. The highest BCUT2D eigenvalue weighted by Gasteiger charge is 2.20. The Kier molecular flexibility index (Phi) is 3.88. The fourth-order valence-corrected chi connectivity index (χ4v) is 1.64. The fraction of sp³-hybridized carbons (Fsp3) is 0.778. The van der Waals surface area contributed by atoms with Crippen LogP contribution in [0, 0.1) is 0 Å². The second kappa shape index (κ2) is 4.95. The lowest BCUT2D eigenvalue weighted by atomic mass is 10.2. The number of amides is 1. The molecule has 1 atom stereocenters. The summed E-state index contributed by atoms with van der Waals surface area (Å²) < 4.78 is 0. The van der Waals surface area contributed by atoms with E-state index in [9.17, 15) is 9.59 Å². The zero-order valence-corrected chi connectivity index (χ0v) is 8.03. The minimum Gasteiger partial charge on any atom is -0.480 e. The second-order valence-electron chi connectivity index (χ2n) is 3.70. The summed E-state index contributed by atoms with van der Waals surface area (Å²) in [4.78, 5) is 21.6. The Bertz CT molecular complexity index is 224. The zero-order valence-electron chi connectivity index (χ0n) is 8.03. The smallest absolute Gasteiger partial charge is 0.321 e. The van der Waals surface area contributed by atoms with Crippen LogP contribution >= 0.6 is 0 Å². The van der Waals surface area contributed by atoms with Crippen molar-refractivity contribution in [3.05, 3.63) is 0 Å². The van der Waals surface area contributed by atoms with E-state index in [1.165, 1.54) is 0 Å². The molecule has 4 N–H and O–H groups in total. The zero-order chi connectivity index (χ0) is 10.6. The van der Waals surface area contributed by atoms with E-state index in [2.05, 4.69) is 5.32 Å². The monoisotopic (exact) mass is 200 g/mol. The van der Waals surface area contributed by atoms with Gasteiger partial charge in [0.05, 0.1) is 6.42 Å². The van der Waals surface area contributed by atoms with E-state index < -0.39 is 12.0 Å². The summed E-state index contributed by atoms with van der Waals surface area (Å²) in [6.45, 7) is 0. The van der Waals surface area contributed by atoms with Crippen molar-refractivity contribution in [1.82, 2.24) is 5.32 Å². The van der Waals surface area contributed by atoms with Crippen molar-refractivity contribution in [2.24, 2.45) is 5.73 Å². The minimum atomic E-state index is -1.13. The molecule has 5 heteroatoms. The number of carbonyl (C=O) groups excluding carboxylic acids is 1. The predicted molar refractivity (Wildman–Crippen MR) is 50.6 cm³/mol. The van der Waals surface area contributed by atoms with E-state index in [0.717, 1.165) is 25.7 Å². The van der Waals surface area contributed by atoms with E-state index in [1.54, 1.807) is 0 Å². The molecule has 14 heavy (non-hydrogen) atoms. The van der Waals surface area contributed by atoms with E-state index >= 15 is 0 Å². The molecule has 0 aromatic carbocycles. The third kappa shape index (κ3) is 3.33. The molecule has 1 amide bonds. The topological polar surface area (TPSA) is 92.4 Å². The van der Waals surface area contributed by atoms with Gasteiger partial charge in [0.2, 0.25) is 5.91 Å². The van der Waals surface area contributed by atoms with Gasteiger partial charge in [0.1, 0.15) is 6.04 Å². The van der Waals surface area contributed by atoms with E-state index in [1.807, 2.05) is 0 Å². The van der Waals surface area contributed by atoms with Crippen LogP contribution in [0.25, 0.3) is 0 Å². The van der Waals surface area contributed by atoms with E-state index in [0.29, 0.717) is 0 Å². The second-order valence-corrected chi connectivity index (χ2v) is 3.70. The Balaban J connectivity index is 2.24. The predicted octanol–water partition coefficient (Wildman–Crippen LogP) is -0.153. The quantitative estimate of drug-likeness (QED) is 0.588. The highest BCUT2D eigenvalue weighted by atomic mass is 16.4. The Hall–Kier alpha value is -1.10. The van der Waals surface area contributed by atoms with Crippen molar-refractivity contribution < 1.29 is 14.7 Å². The maximum atomic E-state index is 11.3. The molecule has 0 radical (unpaired) electrons. The van der Waals surface area contributed by atoms with Crippen molar-refractivity contribution in [2.75, 3.05) is 0 Å². The number of nitrogens with two attached hydrogens (primary N) is 1. The average Bonchev–Trinajstić information content (AvgIpc) is 2.56. The molecule has 0 spiro atoms. The van der Waals surface area contributed by atoms with Crippen molar-refractivity contribution >= 4 is 11.9 Å². The van der Waals surface area contributed by atoms with Crippen LogP contribution < -0.4 is 11.1 Å². The van der Waals surface area contributed by atoms with Gasteiger partial charge < -0.3 is 16.2 Å². The summed E-state index contributed by atoms with van der Waals surface area (Å²) in [7, 11) is 0. The summed E-state index contributed by atoms with van der Waals surface area (Å²) in [6, 6.07) is -0.861. The Morgan fingerprint density at radius 1 is 1.43 bits per heavy atom. The van der Waals surface area contributed by atoms with Gasteiger partial charge in [-0.25, -0.2) is 0 Å². The van der Waals surface area contributed by atoms with Gasteiger partial charge in [-0.1, -0.05) is 12.8 Å². The van der Waals surface area contributed by atoms with Crippen molar-refractivity contribution in [3.63, 3.8) is 0 Å². The molecular weight excluding hydrogens is 184 g/mol. The van der Waals surface area contributed by atoms with Crippen LogP contribution in [0.5, 0.6) is 0 Å². The fourth-order valence-electron chi connectivity index (χ4n) is 1.64. The molecule has 1 rings (SSSR count). The molecule has 1 aliphatic rings. The third-order valence-electron chi connectivity index (χ3n) is 2.44. The number of nitrogens with one attached hydrogen (secondary N) is 1. The molecule has 0 aliphatic heterocycles. The van der Waals surface area contributed by atoms with Gasteiger partial charge in [0, 0.05) is 6.04 Å². The number of aliphatic carboxylic acids is 1. The largest absolute Gasteiger partial charge is 0.480 e. The highest BCUT2D eigenvalue weighted by molar-refractivity contribution is 5.84. The molecule has 1 aliphatic carbocycles. The van der Waals surface area contributed by atoms with Crippen LogP contribution in [0.15, 0.2) is 0 Å². The molecule has 0 unspecified atom stereocenters. The van der Waals surface area contributed by atoms with Crippen molar-refractivity contribution in [2.45, 2.75) is 44.2 Å². The van der Waals surface area contributed by atoms with E-state index in [4.69, 9.17) is 10.8 Å². The van der Waals surface area contributed by atoms with Gasteiger partial charge in [-0.3, -0.25) is 9.59 Å². The van der Waals surface area contributed by atoms with Crippen molar-refractivity contribution in [1.29, 1.82) is 0 Å². The van der Waals surface area contributed by atoms with Crippen LogP contribution in [0.3, 0.4) is 0 Å². The number of carboxylic acid groups (broad SMARTS) is 1. The maximum Gasteiger partial charge on any atom is 0.321 e. The Morgan fingerprint density at radius 3 is 2.50 bits per heavy atom. The summed E-state index contributed by atoms with van der Waals surface area (Å²) in [5.74, 6) is -1.39. The first-order valence-electron chi connectivity index (χ1n) is 4.87. The van der Waals surface area contributed by atoms with Gasteiger partial charge in [-0.2, -0.15) is 0 Å². The summed E-state index contributed by atoms with van der Waals surface area (Å²) in [5, 5.41) is 11.3. The number of carbonyl (C=O) groups is 2. The van der Waals surface area contributed by atoms with E-state index in [-0.39, 0.29) is 18.4 Å². The first kappa shape index (κ1) is 11.0. The lowest BCUT2D eigenvalue weighted by molar-refractivity contribution is -0.140. The van der Waals surface area contributed by atoms with Crippen LogP contribution in [0.1, 0.15) is 32.1 Å². The van der Waals surface area contributed by atoms with Crippen LogP contribution in [-0.4, -0.2) is 29.1 Å². The molecule has 0 aromatic rings. The average molecular weight is 200 g/mol. The summed E-state index contributed by atoms with van der Waals surface area (Å²) >= 11 is 0. The van der Waals surface area contributed by atoms with Crippen LogP contribution in [0.2, 0.25) is 0 Å². The van der Waals surface area contributed by atoms with Gasteiger partial charge in [0.25, 0.3) is 0 Å². The molecule has 1 saturated carbocycles. The Morgan fingerprint density at radius 2 is 2.00 bits per heavy atom. The standard InChI is InChI=1S/C9H16N2O3/c10-7(9(13)14)5-8(12)11-6-3-1-2-4-6/h6-7H,1-5,10H2,(H,11,12)(H,13,14)/t7-/m0/s1. The third-order valence-corrected chi connectivity index (χ3v) is 2.44. The highest BCUT2D eigenvalue weighted by Crippen LogP contribution is 2.17. The van der Waals surface area contributed by atoms with Gasteiger partial charge in [-0.05, 0) is 12.8 Å². The normalized spacial score (nSPS) is 19.2. The van der Waals surface area contributed by atoms with Gasteiger partial charge >= 0.3 is 5.97 Å². The summed E-state index contributed by atoms with van der Waals surface area (Å²) in [6.07, 6.45) is 4.12. The van der Waals surface area contributed by atoms with Crippen LogP contribution in [0.4, 0.5) is 0 Å². The number of hydrogen-bond donors (Lipinski definition) is 3. The van der Waals surface area contributed by atoms with Gasteiger partial charge in [-0.15, -0.1) is 0 Å². The maximum absolute atomic E-state index is 11.3. The minimum absolute atomic E-state index is 0.133. The SMILES string of the molecule is N[C@@H](CC(=O)NC1CCCC1)C(=O)O. The molecule has 5 nitrogen and oxygen atoms in total. The Labute approximate surface area is 82.7 Å². The number of carboxylic acids is 1. The molecule has 0 bridgehead atoms. The lowest BCUT2D eigenvalue weighted by Gasteiger charge is -2.12. The molecule has 0 aromatic heterocycles. The molecule has 0 saturated heterocycles.